The van der Waals surface area contributed by atoms with Crippen LogP contribution in [0.4, 0.5) is 0 Å². The van der Waals surface area contributed by atoms with Gasteiger partial charge in [0.2, 0.25) is 5.78 Å². The van der Waals surface area contributed by atoms with Crippen molar-refractivity contribution in [3.05, 3.63) is 106 Å². The zero-order valence-electron chi connectivity index (χ0n) is 13.3. The van der Waals surface area contributed by atoms with Crippen LogP contribution in [0.15, 0.2) is 84.2 Å². The number of hydrogen-bond donors (Lipinski definition) is 0. The van der Waals surface area contributed by atoms with Crippen molar-refractivity contribution >= 4 is 33.7 Å². The first-order valence-electron chi connectivity index (χ1n) is 7.95. The van der Waals surface area contributed by atoms with Crippen molar-refractivity contribution in [3.8, 4) is 0 Å². The Morgan fingerprint density at radius 3 is 2.20 bits per heavy atom. The molecular weight excluding hydrogens is 328 g/mol. The maximum Gasteiger partial charge on any atom is 0.204 e. The Morgan fingerprint density at radius 1 is 0.640 bits per heavy atom. The number of carbonyl (C=O) groups excluding carboxylic acids is 2. The minimum atomic E-state index is -0.120. The first-order chi connectivity index (χ1) is 12.3. The zero-order chi connectivity index (χ0) is 17.2. The van der Waals surface area contributed by atoms with Gasteiger partial charge in [0, 0.05) is 16.7 Å². The molecule has 25 heavy (non-hydrogen) atoms. The summed E-state index contributed by atoms with van der Waals surface area (Å²) in [6.07, 6.45) is 0. The summed E-state index contributed by atoms with van der Waals surface area (Å²) in [5.74, 6) is -0.225. The molecule has 0 saturated heterocycles. The van der Waals surface area contributed by atoms with E-state index in [9.17, 15) is 9.59 Å². The van der Waals surface area contributed by atoms with Gasteiger partial charge in [-0.2, -0.15) is 0 Å². The monoisotopic (exact) mass is 342 g/mol. The summed E-state index contributed by atoms with van der Waals surface area (Å²) in [6, 6.07) is 24.3. The normalized spacial score (nSPS) is 10.7. The molecule has 0 fully saturated rings. The summed E-state index contributed by atoms with van der Waals surface area (Å²) in [6.45, 7) is 0. The smallest absolute Gasteiger partial charge is 0.204 e. The van der Waals surface area contributed by atoms with Crippen LogP contribution in [0, 0.1) is 0 Å². The lowest BCUT2D eigenvalue weighted by Gasteiger charge is -2.07. The molecule has 1 aromatic heterocycles. The lowest BCUT2D eigenvalue weighted by molar-refractivity contribution is 0.101. The van der Waals surface area contributed by atoms with Crippen LogP contribution in [0.25, 0.3) is 10.8 Å². The second-order valence-corrected chi connectivity index (χ2v) is 6.63. The minimum absolute atomic E-state index is 0.105. The van der Waals surface area contributed by atoms with Crippen LogP contribution in [-0.4, -0.2) is 11.6 Å². The van der Waals surface area contributed by atoms with Crippen molar-refractivity contribution in [3.63, 3.8) is 0 Å². The van der Waals surface area contributed by atoms with Gasteiger partial charge in [-0.15, -0.1) is 11.3 Å². The van der Waals surface area contributed by atoms with Crippen LogP contribution >= 0.6 is 11.3 Å². The van der Waals surface area contributed by atoms with Gasteiger partial charge in [-0.3, -0.25) is 9.59 Å². The van der Waals surface area contributed by atoms with Gasteiger partial charge in [-0.1, -0.05) is 72.8 Å². The van der Waals surface area contributed by atoms with Gasteiger partial charge in [0.1, 0.15) is 0 Å². The third-order valence-corrected chi connectivity index (χ3v) is 5.10. The van der Waals surface area contributed by atoms with Crippen molar-refractivity contribution in [2.24, 2.45) is 0 Å². The van der Waals surface area contributed by atoms with Gasteiger partial charge >= 0.3 is 0 Å². The Labute approximate surface area is 149 Å². The summed E-state index contributed by atoms with van der Waals surface area (Å²) in [5, 5.41) is 3.72. The average molecular weight is 342 g/mol. The molecule has 0 N–H and O–H groups in total. The molecule has 3 heteroatoms. The van der Waals surface area contributed by atoms with Gasteiger partial charge in [0.05, 0.1) is 4.88 Å². The van der Waals surface area contributed by atoms with Crippen LogP contribution < -0.4 is 0 Å². The van der Waals surface area contributed by atoms with Crippen LogP contribution in [0.5, 0.6) is 0 Å². The van der Waals surface area contributed by atoms with E-state index in [0.717, 1.165) is 10.8 Å². The SMILES string of the molecule is O=C(c1ccccc1)c1ccsc1C(=O)c1cccc2ccccc12. The maximum absolute atomic E-state index is 13.1. The molecule has 0 atom stereocenters. The van der Waals surface area contributed by atoms with Crippen molar-refractivity contribution in [2.75, 3.05) is 0 Å². The molecule has 4 rings (SSSR count). The van der Waals surface area contributed by atoms with E-state index in [-0.39, 0.29) is 11.6 Å². The summed E-state index contributed by atoms with van der Waals surface area (Å²) in [7, 11) is 0. The van der Waals surface area contributed by atoms with E-state index in [1.807, 2.05) is 60.7 Å². The third kappa shape index (κ3) is 2.79. The number of benzene rings is 3. The lowest BCUT2D eigenvalue weighted by atomic mass is 9.97. The van der Waals surface area contributed by atoms with E-state index < -0.39 is 0 Å². The molecule has 0 saturated carbocycles. The molecule has 0 bridgehead atoms. The predicted octanol–water partition coefficient (Wildman–Crippen LogP) is 5.36. The molecular formula is C22H14O2S. The summed E-state index contributed by atoms with van der Waals surface area (Å²) in [4.78, 5) is 26.4. The number of carbonyl (C=O) groups is 2. The largest absolute Gasteiger partial charge is 0.289 e. The molecule has 4 aromatic rings. The molecule has 0 aliphatic carbocycles. The van der Waals surface area contributed by atoms with Crippen LogP contribution in [0.2, 0.25) is 0 Å². The van der Waals surface area contributed by atoms with Gasteiger partial charge in [-0.05, 0) is 22.2 Å². The zero-order valence-corrected chi connectivity index (χ0v) is 14.1. The quantitative estimate of drug-likeness (QED) is 0.468. The molecule has 0 radical (unpaired) electrons. The molecule has 0 aliphatic rings. The molecule has 3 aromatic carbocycles. The Balaban J connectivity index is 1.80. The van der Waals surface area contributed by atoms with Crippen LogP contribution in [0.3, 0.4) is 0 Å². The first kappa shape index (κ1) is 15.5. The van der Waals surface area contributed by atoms with Crippen molar-refractivity contribution in [1.82, 2.24) is 0 Å². The molecule has 0 spiro atoms. The second kappa shape index (κ2) is 6.46. The highest BCUT2D eigenvalue weighted by Crippen LogP contribution is 2.27. The fraction of sp³-hybridized carbons (Fsp3) is 0. The molecule has 0 amide bonds. The fourth-order valence-electron chi connectivity index (χ4n) is 2.95. The van der Waals surface area contributed by atoms with E-state index in [0.29, 0.717) is 21.6 Å². The van der Waals surface area contributed by atoms with Crippen LogP contribution in [0.1, 0.15) is 31.2 Å². The highest BCUT2D eigenvalue weighted by Gasteiger charge is 2.22. The number of fused-ring (bicyclic) bond motifs is 1. The van der Waals surface area contributed by atoms with E-state index >= 15 is 0 Å². The Kier molecular flexibility index (Phi) is 4.00. The molecule has 2 nitrogen and oxygen atoms in total. The Bertz CT molecular complexity index is 1070. The lowest BCUT2D eigenvalue weighted by Crippen LogP contribution is -2.08. The van der Waals surface area contributed by atoms with E-state index in [1.54, 1.807) is 23.6 Å². The van der Waals surface area contributed by atoms with Gasteiger partial charge < -0.3 is 0 Å². The van der Waals surface area contributed by atoms with Crippen LogP contribution in [-0.2, 0) is 0 Å². The number of ketones is 2. The topological polar surface area (TPSA) is 34.1 Å². The third-order valence-electron chi connectivity index (χ3n) is 4.19. The van der Waals surface area contributed by atoms with Crippen molar-refractivity contribution in [2.45, 2.75) is 0 Å². The van der Waals surface area contributed by atoms with Gasteiger partial charge in [0.25, 0.3) is 0 Å². The van der Waals surface area contributed by atoms with Crippen molar-refractivity contribution < 1.29 is 9.59 Å². The van der Waals surface area contributed by atoms with Crippen molar-refractivity contribution in [1.29, 1.82) is 0 Å². The second-order valence-electron chi connectivity index (χ2n) is 5.71. The van der Waals surface area contributed by atoms with E-state index in [2.05, 4.69) is 0 Å². The molecule has 120 valence electrons. The fourth-order valence-corrected chi connectivity index (χ4v) is 3.80. The minimum Gasteiger partial charge on any atom is -0.289 e. The Morgan fingerprint density at radius 2 is 1.36 bits per heavy atom. The average Bonchev–Trinajstić information content (AvgIpc) is 3.17. The van der Waals surface area contributed by atoms with Gasteiger partial charge in [0.15, 0.2) is 5.78 Å². The molecule has 0 unspecified atom stereocenters. The maximum atomic E-state index is 13.1. The summed E-state index contributed by atoms with van der Waals surface area (Å²) in [5.41, 5.74) is 1.68. The molecule has 1 heterocycles. The first-order valence-corrected chi connectivity index (χ1v) is 8.83. The highest BCUT2D eigenvalue weighted by atomic mass is 32.1. The number of hydrogen-bond acceptors (Lipinski definition) is 3. The standard InChI is InChI=1S/C22H14O2S/c23-20(16-8-2-1-3-9-16)19-13-14-25-22(19)21(24)18-12-6-10-15-7-4-5-11-17(15)18/h1-14H. The summed E-state index contributed by atoms with van der Waals surface area (Å²) < 4.78 is 0. The number of thiophene rings is 1. The highest BCUT2D eigenvalue weighted by molar-refractivity contribution is 7.12. The summed E-state index contributed by atoms with van der Waals surface area (Å²) >= 11 is 1.31. The Hall–Kier alpha value is -3.04. The number of rotatable bonds is 4. The molecule has 0 aliphatic heterocycles. The predicted molar refractivity (Wildman–Crippen MR) is 102 cm³/mol. The van der Waals surface area contributed by atoms with Gasteiger partial charge in [-0.25, -0.2) is 0 Å². The van der Waals surface area contributed by atoms with E-state index in [1.165, 1.54) is 11.3 Å². The van der Waals surface area contributed by atoms with E-state index in [4.69, 9.17) is 0 Å².